The Labute approximate surface area is 186 Å². The van der Waals surface area contributed by atoms with Gasteiger partial charge in [0, 0.05) is 28.8 Å². The maximum Gasteiger partial charge on any atom is 0.255 e. The Morgan fingerprint density at radius 3 is 2.41 bits per heavy atom. The third-order valence-electron chi connectivity index (χ3n) is 6.74. The second-order valence-corrected chi connectivity index (χ2v) is 9.03. The average Bonchev–Trinajstić information content (AvgIpc) is 3.49. The molecular weight excluding hydrogens is 414 g/mol. The molecule has 1 fully saturated rings. The molecule has 32 heavy (non-hydrogen) atoms. The van der Waals surface area contributed by atoms with E-state index < -0.39 is 17.9 Å². The average molecular weight is 443 g/mol. The minimum atomic E-state index is -2.42. The Kier molecular flexibility index (Phi) is 5.69. The Balaban J connectivity index is 1.67. The predicted octanol–water partition coefficient (Wildman–Crippen LogP) is 5.19. The zero-order valence-corrected chi connectivity index (χ0v) is 18.8. The second kappa shape index (κ2) is 8.19. The number of benzene rings is 2. The molecule has 4 rings (SSSR count). The van der Waals surface area contributed by atoms with Crippen LogP contribution in [0.15, 0.2) is 30.3 Å². The van der Waals surface area contributed by atoms with Gasteiger partial charge in [0.15, 0.2) is 0 Å². The lowest BCUT2D eigenvalue weighted by Gasteiger charge is -2.27. The molecule has 0 bridgehead atoms. The first-order valence-corrected chi connectivity index (χ1v) is 10.8. The number of rotatable bonds is 7. The number of hydrogen-bond acceptors (Lipinski definition) is 3. The number of hydrogen-bond donors (Lipinski definition) is 1. The van der Waals surface area contributed by atoms with E-state index in [0.717, 1.165) is 16.7 Å². The summed E-state index contributed by atoms with van der Waals surface area (Å²) < 4.78 is 32.2. The van der Waals surface area contributed by atoms with E-state index in [1.54, 1.807) is 18.2 Å². The van der Waals surface area contributed by atoms with Crippen LogP contribution in [0.1, 0.15) is 57.9 Å². The first-order chi connectivity index (χ1) is 15.2. The van der Waals surface area contributed by atoms with E-state index in [0.29, 0.717) is 35.4 Å². The van der Waals surface area contributed by atoms with Crippen molar-refractivity contribution >= 4 is 17.5 Å². The van der Waals surface area contributed by atoms with E-state index in [9.17, 15) is 18.4 Å². The Morgan fingerprint density at radius 1 is 1.19 bits per heavy atom. The van der Waals surface area contributed by atoms with Crippen LogP contribution in [0.4, 0.5) is 14.5 Å². The van der Waals surface area contributed by atoms with Crippen molar-refractivity contribution in [3.63, 3.8) is 0 Å². The molecule has 2 aromatic carbocycles. The smallest absolute Gasteiger partial charge is 0.255 e. The highest BCUT2D eigenvalue weighted by molar-refractivity contribution is 6.08. The van der Waals surface area contributed by atoms with Gasteiger partial charge in [0.1, 0.15) is 11.8 Å². The number of fused-ring (bicyclic) bond motifs is 1. The van der Waals surface area contributed by atoms with Gasteiger partial charge in [-0.3, -0.25) is 9.59 Å². The van der Waals surface area contributed by atoms with Gasteiger partial charge in [0.25, 0.3) is 11.8 Å². The summed E-state index contributed by atoms with van der Waals surface area (Å²) in [7, 11) is 1.52. The van der Waals surface area contributed by atoms with Crippen LogP contribution in [0.25, 0.3) is 0 Å². The van der Waals surface area contributed by atoms with Crippen molar-refractivity contribution in [2.24, 2.45) is 5.41 Å². The second-order valence-electron chi connectivity index (χ2n) is 9.03. The Bertz CT molecular complexity index is 1060. The summed E-state index contributed by atoms with van der Waals surface area (Å²) >= 11 is 0. The highest BCUT2D eigenvalue weighted by Gasteiger charge is 2.52. The number of ether oxygens (including phenoxy) is 1. The highest BCUT2D eigenvalue weighted by atomic mass is 19.3. The maximum absolute atomic E-state index is 13.5. The molecular formula is C25H28F2N2O3. The van der Waals surface area contributed by atoms with Gasteiger partial charge in [-0.15, -0.1) is 0 Å². The monoisotopic (exact) mass is 442 g/mol. The molecule has 1 aliphatic heterocycles. The number of carbonyl (C=O) groups excluding carboxylic acids is 2. The fourth-order valence-electron chi connectivity index (χ4n) is 4.69. The molecule has 2 aromatic rings. The van der Waals surface area contributed by atoms with Crippen molar-refractivity contribution in [2.75, 3.05) is 19.0 Å². The molecule has 0 saturated heterocycles. The standard InChI is InChI=1S/C25H28F2N2O3/c1-14-11-15(2)20(16(3)12-14)28-22(30)21-19-13-17(32-4)5-6-18(19)23(31)29(21)10-9-25(7-8-25)24(26)27/h5-6,11-13,21,24H,7-10H2,1-4H3,(H,28,30). The van der Waals surface area contributed by atoms with Crippen LogP contribution in [0.2, 0.25) is 0 Å². The number of alkyl halides is 2. The molecule has 0 radical (unpaired) electrons. The molecule has 5 nitrogen and oxygen atoms in total. The minimum Gasteiger partial charge on any atom is -0.497 e. The first kappa shape index (κ1) is 22.2. The lowest BCUT2D eigenvalue weighted by molar-refractivity contribution is -0.120. The number of halogens is 2. The normalized spacial score (nSPS) is 18.7. The molecule has 170 valence electrons. The summed E-state index contributed by atoms with van der Waals surface area (Å²) in [6, 6.07) is 8.06. The van der Waals surface area contributed by atoms with Gasteiger partial charge in [-0.2, -0.15) is 0 Å². The van der Waals surface area contributed by atoms with E-state index >= 15 is 0 Å². The van der Waals surface area contributed by atoms with Crippen molar-refractivity contribution in [3.8, 4) is 5.75 Å². The molecule has 0 aromatic heterocycles. The number of methoxy groups -OCH3 is 1. The lowest BCUT2D eigenvalue weighted by atomic mass is 10.0. The maximum atomic E-state index is 13.5. The van der Waals surface area contributed by atoms with Gasteiger partial charge in [-0.1, -0.05) is 17.7 Å². The van der Waals surface area contributed by atoms with Gasteiger partial charge in [0.2, 0.25) is 6.43 Å². The van der Waals surface area contributed by atoms with Gasteiger partial charge < -0.3 is 15.0 Å². The number of nitrogens with one attached hydrogen (secondary N) is 1. The third-order valence-corrected chi connectivity index (χ3v) is 6.74. The van der Waals surface area contributed by atoms with Crippen molar-refractivity contribution in [2.45, 2.75) is 52.5 Å². The van der Waals surface area contributed by atoms with Crippen molar-refractivity contribution in [3.05, 3.63) is 58.1 Å². The largest absolute Gasteiger partial charge is 0.497 e. The molecule has 1 atom stereocenters. The molecule has 1 saturated carbocycles. The number of carbonyl (C=O) groups is 2. The molecule has 2 aliphatic rings. The van der Waals surface area contributed by atoms with Crippen LogP contribution < -0.4 is 10.1 Å². The Morgan fingerprint density at radius 2 is 1.84 bits per heavy atom. The summed E-state index contributed by atoms with van der Waals surface area (Å²) in [4.78, 5) is 28.1. The van der Waals surface area contributed by atoms with E-state index in [2.05, 4.69) is 5.32 Å². The fraction of sp³-hybridized carbons (Fsp3) is 0.440. The number of amides is 2. The first-order valence-electron chi connectivity index (χ1n) is 10.8. The molecule has 0 spiro atoms. The quantitative estimate of drug-likeness (QED) is 0.642. The van der Waals surface area contributed by atoms with Crippen LogP contribution in [-0.2, 0) is 4.79 Å². The third kappa shape index (κ3) is 3.85. The van der Waals surface area contributed by atoms with Crippen LogP contribution in [0, 0.1) is 26.2 Å². The minimum absolute atomic E-state index is 0.101. The summed E-state index contributed by atoms with van der Waals surface area (Å²) in [5.41, 5.74) is 3.56. The topological polar surface area (TPSA) is 58.6 Å². The SMILES string of the molecule is COc1ccc2c(c1)C(C(=O)Nc1c(C)cc(C)cc1C)N(CCC1(C(F)F)CC1)C2=O. The summed E-state index contributed by atoms with van der Waals surface area (Å²) in [5, 5.41) is 2.99. The fourth-order valence-corrected chi connectivity index (χ4v) is 4.69. The molecule has 1 unspecified atom stereocenters. The van der Waals surface area contributed by atoms with E-state index in [1.807, 2.05) is 32.9 Å². The highest BCUT2D eigenvalue weighted by Crippen LogP contribution is 2.54. The van der Waals surface area contributed by atoms with Crippen LogP contribution in [0.5, 0.6) is 5.75 Å². The van der Waals surface area contributed by atoms with Crippen LogP contribution in [-0.4, -0.2) is 36.8 Å². The van der Waals surface area contributed by atoms with Crippen molar-refractivity contribution in [1.82, 2.24) is 4.90 Å². The summed E-state index contributed by atoms with van der Waals surface area (Å²) in [6.07, 6.45) is -1.35. The predicted molar refractivity (Wildman–Crippen MR) is 118 cm³/mol. The van der Waals surface area contributed by atoms with E-state index in [-0.39, 0.29) is 24.8 Å². The number of nitrogens with zero attached hydrogens (tertiary/aromatic N) is 1. The summed E-state index contributed by atoms with van der Waals surface area (Å²) in [5.74, 6) is -0.141. The van der Waals surface area contributed by atoms with Gasteiger partial charge in [-0.05, 0) is 69.4 Å². The zero-order chi connectivity index (χ0) is 23.2. The van der Waals surface area contributed by atoms with Gasteiger partial charge >= 0.3 is 0 Å². The summed E-state index contributed by atoms with van der Waals surface area (Å²) in [6.45, 7) is 5.93. The lowest BCUT2D eigenvalue weighted by Crippen LogP contribution is -2.37. The van der Waals surface area contributed by atoms with Crippen molar-refractivity contribution < 1.29 is 23.1 Å². The van der Waals surface area contributed by atoms with E-state index in [1.165, 1.54) is 12.0 Å². The van der Waals surface area contributed by atoms with E-state index in [4.69, 9.17) is 4.74 Å². The van der Waals surface area contributed by atoms with Crippen LogP contribution in [0.3, 0.4) is 0 Å². The molecule has 1 aliphatic carbocycles. The number of aryl methyl sites for hydroxylation is 3. The Hall–Kier alpha value is -2.96. The molecule has 2 amide bonds. The molecule has 1 N–H and O–H groups in total. The molecule has 1 heterocycles. The zero-order valence-electron chi connectivity index (χ0n) is 18.8. The number of anilines is 1. The molecule has 7 heteroatoms. The van der Waals surface area contributed by atoms with Crippen LogP contribution >= 0.6 is 0 Å². The van der Waals surface area contributed by atoms with Crippen molar-refractivity contribution in [1.29, 1.82) is 0 Å². The van der Waals surface area contributed by atoms with Gasteiger partial charge in [-0.25, -0.2) is 8.78 Å². The van der Waals surface area contributed by atoms with Gasteiger partial charge in [0.05, 0.1) is 7.11 Å².